The van der Waals surface area contributed by atoms with E-state index in [1.54, 1.807) is 0 Å². The molecule has 1 aromatic carbocycles. The van der Waals surface area contributed by atoms with Gasteiger partial charge in [-0.15, -0.1) is 24.0 Å². The number of hydrogen-bond donors (Lipinski definition) is 3. The first kappa shape index (κ1) is 18.8. The van der Waals surface area contributed by atoms with Gasteiger partial charge in [-0.25, -0.2) is 0 Å². The molecule has 0 bridgehead atoms. The smallest absolute Gasteiger partial charge is 0.191 e. The summed E-state index contributed by atoms with van der Waals surface area (Å²) >= 11 is 0. The second-order valence-electron chi connectivity index (χ2n) is 5.25. The maximum Gasteiger partial charge on any atom is 0.191 e. The second-order valence-corrected chi connectivity index (χ2v) is 5.25. The van der Waals surface area contributed by atoms with Gasteiger partial charge < -0.3 is 15.6 Å². The Hall–Kier alpha value is -1.24. The van der Waals surface area contributed by atoms with E-state index in [9.17, 15) is 0 Å². The molecule has 0 amide bonds. The highest BCUT2D eigenvalue weighted by atomic mass is 127. The number of guanidine groups is 1. The van der Waals surface area contributed by atoms with Gasteiger partial charge in [0.2, 0.25) is 0 Å². The van der Waals surface area contributed by atoms with Crippen molar-refractivity contribution in [1.29, 1.82) is 0 Å². The van der Waals surface area contributed by atoms with Crippen molar-refractivity contribution in [2.75, 3.05) is 19.6 Å². The lowest BCUT2D eigenvalue weighted by atomic mass is 10.1. The van der Waals surface area contributed by atoms with Crippen LogP contribution in [0.2, 0.25) is 0 Å². The van der Waals surface area contributed by atoms with E-state index in [0.29, 0.717) is 0 Å². The second kappa shape index (κ2) is 9.71. The van der Waals surface area contributed by atoms with Crippen LogP contribution in [0.15, 0.2) is 29.4 Å². The Kier molecular flexibility index (Phi) is 8.30. The molecule has 0 unspecified atom stereocenters. The Labute approximate surface area is 150 Å². The predicted octanol–water partition coefficient (Wildman–Crippen LogP) is 3.60. The molecule has 0 saturated heterocycles. The lowest BCUT2D eigenvalue weighted by Gasteiger charge is -2.10. The van der Waals surface area contributed by atoms with E-state index in [-0.39, 0.29) is 24.0 Å². The van der Waals surface area contributed by atoms with Gasteiger partial charge in [-0.1, -0.05) is 25.1 Å². The summed E-state index contributed by atoms with van der Waals surface area (Å²) in [5.41, 5.74) is 3.90. The van der Waals surface area contributed by atoms with Gasteiger partial charge in [0.25, 0.3) is 0 Å². The number of rotatable bonds is 6. The number of fused-ring (bicyclic) bond motifs is 1. The number of halogens is 1. The molecular formula is C17H27IN4. The van der Waals surface area contributed by atoms with Crippen LogP contribution in [0.25, 0.3) is 10.9 Å². The summed E-state index contributed by atoms with van der Waals surface area (Å²) in [6, 6.07) is 6.45. The third-order valence-corrected chi connectivity index (χ3v) is 3.53. The zero-order chi connectivity index (χ0) is 15.1. The van der Waals surface area contributed by atoms with E-state index in [0.717, 1.165) is 38.4 Å². The summed E-state index contributed by atoms with van der Waals surface area (Å²) in [5.74, 6) is 0.912. The molecule has 0 atom stereocenters. The monoisotopic (exact) mass is 414 g/mol. The van der Waals surface area contributed by atoms with Gasteiger partial charge in [0, 0.05) is 36.7 Å². The largest absolute Gasteiger partial charge is 0.361 e. The highest BCUT2D eigenvalue weighted by Crippen LogP contribution is 2.21. The first-order valence-electron chi connectivity index (χ1n) is 7.84. The standard InChI is InChI=1S/C17H26N4.HI/c1-4-10-19-17(18-5-2)20-11-9-14-12-21-16-13(3)7-6-8-15(14)16;/h6-8,12,21H,4-5,9-11H2,1-3H3,(H2,18,19,20);1H. The van der Waals surface area contributed by atoms with Crippen LogP contribution in [0, 0.1) is 6.92 Å². The van der Waals surface area contributed by atoms with Gasteiger partial charge in [0.05, 0.1) is 0 Å². The fourth-order valence-corrected chi connectivity index (χ4v) is 2.45. The Balaban J connectivity index is 0.00000242. The molecule has 0 aliphatic carbocycles. The van der Waals surface area contributed by atoms with Crippen molar-refractivity contribution >= 4 is 40.8 Å². The van der Waals surface area contributed by atoms with E-state index in [1.165, 1.54) is 22.0 Å². The van der Waals surface area contributed by atoms with E-state index in [2.05, 4.69) is 65.8 Å². The fraction of sp³-hybridized carbons (Fsp3) is 0.471. The van der Waals surface area contributed by atoms with E-state index in [1.807, 2.05) is 0 Å². The maximum absolute atomic E-state index is 4.51. The molecule has 2 aromatic rings. The van der Waals surface area contributed by atoms with Gasteiger partial charge >= 0.3 is 0 Å². The van der Waals surface area contributed by atoms with Gasteiger partial charge in [-0.3, -0.25) is 4.99 Å². The highest BCUT2D eigenvalue weighted by molar-refractivity contribution is 14.0. The number of para-hydroxylation sites is 1. The number of hydrogen-bond acceptors (Lipinski definition) is 1. The quantitative estimate of drug-likeness (QED) is 0.384. The lowest BCUT2D eigenvalue weighted by molar-refractivity contribution is 0.795. The molecule has 0 aliphatic rings. The Bertz CT molecular complexity index is 604. The van der Waals surface area contributed by atoms with Gasteiger partial charge in [-0.05, 0) is 37.8 Å². The predicted molar refractivity (Wildman–Crippen MR) is 106 cm³/mol. The first-order chi connectivity index (χ1) is 10.3. The zero-order valence-electron chi connectivity index (χ0n) is 13.7. The molecule has 22 heavy (non-hydrogen) atoms. The van der Waals surface area contributed by atoms with Crippen molar-refractivity contribution in [3.63, 3.8) is 0 Å². The number of benzene rings is 1. The van der Waals surface area contributed by atoms with Crippen LogP contribution in [-0.2, 0) is 6.42 Å². The minimum Gasteiger partial charge on any atom is -0.361 e. The maximum atomic E-state index is 4.51. The van der Waals surface area contributed by atoms with Crippen molar-refractivity contribution in [3.05, 3.63) is 35.5 Å². The van der Waals surface area contributed by atoms with Crippen molar-refractivity contribution in [1.82, 2.24) is 15.6 Å². The van der Waals surface area contributed by atoms with Crippen LogP contribution in [0.3, 0.4) is 0 Å². The zero-order valence-corrected chi connectivity index (χ0v) is 16.0. The van der Waals surface area contributed by atoms with Crippen molar-refractivity contribution in [2.45, 2.75) is 33.6 Å². The summed E-state index contributed by atoms with van der Waals surface area (Å²) < 4.78 is 0. The van der Waals surface area contributed by atoms with E-state index >= 15 is 0 Å². The summed E-state index contributed by atoms with van der Waals surface area (Å²) in [5, 5.41) is 8.00. The third-order valence-electron chi connectivity index (χ3n) is 3.53. The van der Waals surface area contributed by atoms with Crippen LogP contribution >= 0.6 is 24.0 Å². The third kappa shape index (κ3) is 4.90. The van der Waals surface area contributed by atoms with Crippen LogP contribution in [0.4, 0.5) is 0 Å². The number of aromatic amines is 1. The Morgan fingerprint density at radius 1 is 1.23 bits per heavy atom. The lowest BCUT2D eigenvalue weighted by Crippen LogP contribution is -2.38. The number of aromatic nitrogens is 1. The minimum atomic E-state index is 0. The molecule has 3 N–H and O–H groups in total. The van der Waals surface area contributed by atoms with E-state index < -0.39 is 0 Å². The number of H-pyrrole nitrogens is 1. The molecule has 1 aromatic heterocycles. The van der Waals surface area contributed by atoms with Crippen molar-refractivity contribution < 1.29 is 0 Å². The number of nitrogens with one attached hydrogen (secondary N) is 3. The summed E-state index contributed by atoms with van der Waals surface area (Å²) in [4.78, 5) is 7.89. The van der Waals surface area contributed by atoms with Crippen LogP contribution < -0.4 is 10.6 Å². The average Bonchev–Trinajstić information content (AvgIpc) is 2.89. The van der Waals surface area contributed by atoms with Gasteiger partial charge in [-0.2, -0.15) is 0 Å². The topological polar surface area (TPSA) is 52.2 Å². The molecule has 0 fully saturated rings. The van der Waals surface area contributed by atoms with E-state index in [4.69, 9.17) is 0 Å². The Morgan fingerprint density at radius 2 is 2.05 bits per heavy atom. The minimum absolute atomic E-state index is 0. The normalized spacial score (nSPS) is 11.3. The van der Waals surface area contributed by atoms with Crippen LogP contribution in [-0.4, -0.2) is 30.6 Å². The Morgan fingerprint density at radius 3 is 2.77 bits per heavy atom. The number of aliphatic imine (C=N–C) groups is 1. The molecule has 5 heteroatoms. The van der Waals surface area contributed by atoms with Crippen molar-refractivity contribution in [3.8, 4) is 0 Å². The molecule has 0 spiro atoms. The highest BCUT2D eigenvalue weighted by Gasteiger charge is 2.05. The first-order valence-corrected chi connectivity index (χ1v) is 7.84. The van der Waals surface area contributed by atoms with Crippen molar-refractivity contribution in [2.24, 2.45) is 4.99 Å². The molecule has 122 valence electrons. The molecule has 0 aliphatic heterocycles. The average molecular weight is 414 g/mol. The number of aryl methyl sites for hydroxylation is 1. The molecule has 2 rings (SSSR count). The molecule has 0 radical (unpaired) electrons. The SMILES string of the molecule is CCCN=C(NCC)NCCc1c[nH]c2c(C)cccc12.I. The van der Waals surface area contributed by atoms with Gasteiger partial charge in [0.15, 0.2) is 5.96 Å². The summed E-state index contributed by atoms with van der Waals surface area (Å²) in [7, 11) is 0. The fourth-order valence-electron chi connectivity index (χ4n) is 2.45. The summed E-state index contributed by atoms with van der Waals surface area (Å²) in [6.45, 7) is 9.01. The van der Waals surface area contributed by atoms with Crippen LogP contribution in [0.5, 0.6) is 0 Å². The molecule has 1 heterocycles. The van der Waals surface area contributed by atoms with Gasteiger partial charge in [0.1, 0.15) is 0 Å². The summed E-state index contributed by atoms with van der Waals surface area (Å²) in [6.07, 6.45) is 4.17. The number of nitrogens with zero attached hydrogens (tertiary/aromatic N) is 1. The van der Waals surface area contributed by atoms with Crippen LogP contribution in [0.1, 0.15) is 31.4 Å². The molecular weight excluding hydrogens is 387 g/mol. The molecule has 0 saturated carbocycles. The molecule has 4 nitrogen and oxygen atoms in total.